The number of hydrogen-bond acceptors (Lipinski definition) is 4. The maximum absolute atomic E-state index is 11.4. The molecule has 0 spiro atoms. The minimum Gasteiger partial charge on any atom is -0.469 e. The molecular weight excluding hydrogens is 204 g/mol. The zero-order valence-electron chi connectivity index (χ0n) is 8.95. The van der Waals surface area contributed by atoms with Crippen molar-refractivity contribution in [3.8, 4) is 0 Å². The summed E-state index contributed by atoms with van der Waals surface area (Å²) in [5.74, 6) is 0.361. The van der Waals surface area contributed by atoms with Crippen molar-refractivity contribution in [2.24, 2.45) is 5.92 Å². The fourth-order valence-corrected chi connectivity index (χ4v) is 2.30. The van der Waals surface area contributed by atoms with Crippen LogP contribution in [-0.2, 0) is 25.1 Å². The van der Waals surface area contributed by atoms with Crippen LogP contribution in [0.25, 0.3) is 0 Å². The van der Waals surface area contributed by atoms with E-state index in [2.05, 4.69) is 4.74 Å². The summed E-state index contributed by atoms with van der Waals surface area (Å²) >= 11 is 0. The van der Waals surface area contributed by atoms with Crippen molar-refractivity contribution in [2.75, 3.05) is 32.3 Å². The highest BCUT2D eigenvalue weighted by Crippen LogP contribution is 2.01. The molecule has 0 heterocycles. The van der Waals surface area contributed by atoms with Crippen molar-refractivity contribution in [1.29, 1.82) is 0 Å². The Hall–Kier alpha value is -0.420. The summed E-state index contributed by atoms with van der Waals surface area (Å²) in [4.78, 5) is 11.0. The summed E-state index contributed by atoms with van der Waals surface area (Å²) in [6.45, 7) is 2.33. The fourth-order valence-electron chi connectivity index (χ4n) is 0.996. The van der Waals surface area contributed by atoms with Gasteiger partial charge in [0.2, 0.25) is 0 Å². The largest absolute Gasteiger partial charge is 0.469 e. The van der Waals surface area contributed by atoms with Gasteiger partial charge in [-0.1, -0.05) is 6.92 Å². The van der Waals surface area contributed by atoms with E-state index >= 15 is 0 Å². The van der Waals surface area contributed by atoms with Crippen LogP contribution in [0.15, 0.2) is 0 Å². The molecule has 0 radical (unpaired) electrons. The Balaban J connectivity index is 3.65. The van der Waals surface area contributed by atoms with Crippen LogP contribution < -0.4 is 0 Å². The van der Waals surface area contributed by atoms with Gasteiger partial charge >= 0.3 is 5.97 Å². The third-order valence-corrected chi connectivity index (χ3v) is 3.38. The summed E-state index contributed by atoms with van der Waals surface area (Å²) in [5.41, 5.74) is 0. The molecule has 4 nitrogen and oxygen atoms in total. The number of rotatable bonds is 7. The van der Waals surface area contributed by atoms with Crippen LogP contribution in [0.2, 0.25) is 0 Å². The molecule has 0 saturated carbocycles. The Morgan fingerprint density at radius 3 is 2.57 bits per heavy atom. The molecular formula is C9H18O4S. The molecule has 0 aromatic heterocycles. The van der Waals surface area contributed by atoms with Crippen LogP contribution in [-0.4, -0.2) is 42.5 Å². The molecule has 0 aliphatic carbocycles. The molecule has 5 heteroatoms. The smallest absolute Gasteiger partial charge is 0.309 e. The topological polar surface area (TPSA) is 52.6 Å². The van der Waals surface area contributed by atoms with Crippen molar-refractivity contribution in [2.45, 2.75) is 13.3 Å². The molecule has 0 rings (SSSR count). The van der Waals surface area contributed by atoms with Crippen LogP contribution in [0, 0.1) is 5.92 Å². The van der Waals surface area contributed by atoms with Gasteiger partial charge in [0.1, 0.15) is 0 Å². The molecule has 0 bridgehead atoms. The summed E-state index contributed by atoms with van der Waals surface area (Å²) in [5, 5.41) is 0. The average Bonchev–Trinajstić information content (AvgIpc) is 2.16. The highest BCUT2D eigenvalue weighted by Gasteiger charge is 2.15. The normalized spacial score (nSPS) is 14.8. The highest BCUT2D eigenvalue weighted by atomic mass is 32.2. The zero-order valence-corrected chi connectivity index (χ0v) is 9.76. The average molecular weight is 222 g/mol. The molecule has 0 saturated heterocycles. The number of carbonyl (C=O) groups excluding carboxylic acids is 1. The van der Waals surface area contributed by atoms with Crippen molar-refractivity contribution in [3.05, 3.63) is 0 Å². The van der Waals surface area contributed by atoms with Crippen molar-refractivity contribution in [1.82, 2.24) is 0 Å². The Kier molecular flexibility index (Phi) is 7.70. The van der Waals surface area contributed by atoms with E-state index in [-0.39, 0.29) is 11.9 Å². The van der Waals surface area contributed by atoms with E-state index < -0.39 is 10.8 Å². The van der Waals surface area contributed by atoms with E-state index in [4.69, 9.17) is 4.74 Å². The van der Waals surface area contributed by atoms with Gasteiger partial charge in [0.15, 0.2) is 0 Å². The van der Waals surface area contributed by atoms with Gasteiger partial charge in [-0.2, -0.15) is 0 Å². The second kappa shape index (κ2) is 7.94. The summed E-state index contributed by atoms with van der Waals surface area (Å²) in [7, 11) is 2.00. The van der Waals surface area contributed by atoms with Gasteiger partial charge in [0.25, 0.3) is 0 Å². The molecule has 0 N–H and O–H groups in total. The number of hydrogen-bond donors (Lipinski definition) is 0. The van der Waals surface area contributed by atoms with E-state index in [1.165, 1.54) is 7.11 Å². The molecule has 0 aromatic rings. The molecule has 0 aliphatic heterocycles. The number of carbonyl (C=O) groups is 1. The first-order chi connectivity index (χ1) is 6.61. The Labute approximate surface area is 87.4 Å². The molecule has 84 valence electrons. The molecule has 0 fully saturated rings. The Bertz CT molecular complexity index is 193. The first kappa shape index (κ1) is 13.6. The first-order valence-electron chi connectivity index (χ1n) is 4.53. The number of methoxy groups -OCH3 is 2. The van der Waals surface area contributed by atoms with Gasteiger partial charge in [-0.05, 0) is 6.42 Å². The van der Waals surface area contributed by atoms with Crippen molar-refractivity contribution in [3.63, 3.8) is 0 Å². The Morgan fingerprint density at radius 2 is 2.07 bits per heavy atom. The molecule has 0 aliphatic rings. The molecule has 14 heavy (non-hydrogen) atoms. The first-order valence-corrected chi connectivity index (χ1v) is 6.02. The lowest BCUT2D eigenvalue weighted by molar-refractivity contribution is -0.144. The van der Waals surface area contributed by atoms with Crippen molar-refractivity contribution < 1.29 is 18.5 Å². The standard InChI is InChI=1S/C9H18O4S/c1-8(9(10)13-3)7-14(11)6-4-5-12-2/h8H,4-7H2,1-3H3. The van der Waals surface area contributed by atoms with Gasteiger partial charge in [0, 0.05) is 36.0 Å². The van der Waals surface area contributed by atoms with Crippen LogP contribution in [0.1, 0.15) is 13.3 Å². The van der Waals surface area contributed by atoms with E-state index in [1.54, 1.807) is 14.0 Å². The molecule has 2 unspecified atom stereocenters. The van der Waals surface area contributed by atoms with Gasteiger partial charge in [-0.15, -0.1) is 0 Å². The second-order valence-corrected chi connectivity index (χ2v) is 4.70. The summed E-state index contributed by atoms with van der Waals surface area (Å²) in [6.07, 6.45) is 0.761. The third kappa shape index (κ3) is 6.10. The highest BCUT2D eigenvalue weighted by molar-refractivity contribution is 7.85. The van der Waals surface area contributed by atoms with E-state index in [9.17, 15) is 9.00 Å². The summed E-state index contributed by atoms with van der Waals surface area (Å²) < 4.78 is 20.8. The van der Waals surface area contributed by atoms with Gasteiger partial charge in [0.05, 0.1) is 13.0 Å². The molecule has 2 atom stereocenters. The van der Waals surface area contributed by atoms with Crippen LogP contribution >= 0.6 is 0 Å². The summed E-state index contributed by atoms with van der Waals surface area (Å²) in [6, 6.07) is 0. The quantitative estimate of drug-likeness (QED) is 0.467. The molecule has 0 aromatic carbocycles. The minimum atomic E-state index is -0.955. The fraction of sp³-hybridized carbons (Fsp3) is 0.889. The maximum atomic E-state index is 11.4. The lowest BCUT2D eigenvalue weighted by Gasteiger charge is -2.08. The molecule has 0 amide bonds. The van der Waals surface area contributed by atoms with E-state index in [1.807, 2.05) is 0 Å². The minimum absolute atomic E-state index is 0.289. The van der Waals surface area contributed by atoms with Crippen LogP contribution in [0.5, 0.6) is 0 Å². The lowest BCUT2D eigenvalue weighted by atomic mass is 10.2. The SMILES string of the molecule is COCCCS(=O)CC(C)C(=O)OC. The second-order valence-electron chi connectivity index (χ2n) is 3.08. The van der Waals surface area contributed by atoms with Gasteiger partial charge in [-0.25, -0.2) is 0 Å². The number of esters is 1. The monoisotopic (exact) mass is 222 g/mol. The van der Waals surface area contributed by atoms with E-state index in [0.29, 0.717) is 18.1 Å². The van der Waals surface area contributed by atoms with Crippen LogP contribution in [0.3, 0.4) is 0 Å². The number of ether oxygens (including phenoxy) is 2. The predicted molar refractivity (Wildman–Crippen MR) is 55.5 cm³/mol. The predicted octanol–water partition coefficient (Wildman–Crippen LogP) is 0.581. The lowest BCUT2D eigenvalue weighted by Crippen LogP contribution is -2.20. The zero-order chi connectivity index (χ0) is 11.0. The van der Waals surface area contributed by atoms with Gasteiger partial charge < -0.3 is 9.47 Å². The Morgan fingerprint density at radius 1 is 1.43 bits per heavy atom. The van der Waals surface area contributed by atoms with Crippen LogP contribution in [0.4, 0.5) is 0 Å². The van der Waals surface area contributed by atoms with Gasteiger partial charge in [-0.3, -0.25) is 9.00 Å². The van der Waals surface area contributed by atoms with Crippen molar-refractivity contribution >= 4 is 16.8 Å². The maximum Gasteiger partial charge on any atom is 0.309 e. The van der Waals surface area contributed by atoms with E-state index in [0.717, 1.165) is 6.42 Å². The third-order valence-electron chi connectivity index (χ3n) is 1.76.